The number of methoxy groups -OCH3 is 1. The summed E-state index contributed by atoms with van der Waals surface area (Å²) in [5.41, 5.74) is 6.52. The first-order valence-electron chi connectivity index (χ1n) is 5.28. The molecular weight excluding hydrogens is 225 g/mol. The van der Waals surface area contributed by atoms with Crippen LogP contribution >= 0.6 is 0 Å². The van der Waals surface area contributed by atoms with Gasteiger partial charge in [-0.2, -0.15) is 0 Å². The summed E-state index contributed by atoms with van der Waals surface area (Å²) in [5, 5.41) is 0. The molecule has 0 aromatic heterocycles. The molecule has 0 aliphatic rings. The normalized spacial score (nSPS) is 11.9. The second kappa shape index (κ2) is 6.85. The Morgan fingerprint density at radius 2 is 2.06 bits per heavy atom. The van der Waals surface area contributed by atoms with Gasteiger partial charge in [-0.1, -0.05) is 12.1 Å². The molecule has 1 rings (SSSR count). The van der Waals surface area contributed by atoms with E-state index in [0.717, 1.165) is 5.56 Å². The maximum absolute atomic E-state index is 11.9. The van der Waals surface area contributed by atoms with Crippen molar-refractivity contribution in [2.24, 2.45) is 5.73 Å². The van der Waals surface area contributed by atoms with Crippen molar-refractivity contribution in [2.45, 2.75) is 12.5 Å². The lowest BCUT2D eigenvalue weighted by atomic mass is 10.1. The van der Waals surface area contributed by atoms with Gasteiger partial charge in [-0.15, -0.1) is 0 Å². The molecule has 17 heavy (non-hydrogen) atoms. The summed E-state index contributed by atoms with van der Waals surface area (Å²) in [6.07, 6.45) is 0.399. The second-order valence-corrected chi connectivity index (χ2v) is 3.52. The Morgan fingerprint density at radius 1 is 1.41 bits per heavy atom. The summed E-state index contributed by atoms with van der Waals surface area (Å²) < 4.78 is 21.5. The van der Waals surface area contributed by atoms with Gasteiger partial charge in [-0.3, -0.25) is 4.79 Å². The van der Waals surface area contributed by atoms with Crippen LogP contribution in [0.2, 0.25) is 0 Å². The number of alkyl halides is 1. The number of benzene rings is 1. The van der Waals surface area contributed by atoms with Crippen LogP contribution in [0.25, 0.3) is 0 Å². The lowest BCUT2D eigenvalue weighted by Gasteiger charge is -2.09. The largest absolute Gasteiger partial charge is 0.491 e. The van der Waals surface area contributed by atoms with E-state index in [2.05, 4.69) is 4.74 Å². The van der Waals surface area contributed by atoms with Gasteiger partial charge >= 0.3 is 5.97 Å². The number of carbonyl (C=O) groups excluding carboxylic acids is 1. The van der Waals surface area contributed by atoms with E-state index in [-0.39, 0.29) is 6.61 Å². The Labute approximate surface area is 99.5 Å². The Kier molecular flexibility index (Phi) is 5.42. The minimum Gasteiger partial charge on any atom is -0.491 e. The van der Waals surface area contributed by atoms with E-state index in [9.17, 15) is 9.18 Å². The maximum atomic E-state index is 11.9. The van der Waals surface area contributed by atoms with Gasteiger partial charge in [0.1, 0.15) is 25.1 Å². The average Bonchev–Trinajstić information content (AvgIpc) is 2.37. The van der Waals surface area contributed by atoms with Crippen LogP contribution in [0.5, 0.6) is 5.75 Å². The smallest absolute Gasteiger partial charge is 0.322 e. The second-order valence-electron chi connectivity index (χ2n) is 3.52. The Bertz CT molecular complexity index is 353. The van der Waals surface area contributed by atoms with Crippen molar-refractivity contribution in [3.05, 3.63) is 29.8 Å². The van der Waals surface area contributed by atoms with Gasteiger partial charge < -0.3 is 15.2 Å². The van der Waals surface area contributed by atoms with Gasteiger partial charge in [-0.05, 0) is 24.1 Å². The monoisotopic (exact) mass is 241 g/mol. The fourth-order valence-electron chi connectivity index (χ4n) is 1.37. The van der Waals surface area contributed by atoms with Gasteiger partial charge in [0.15, 0.2) is 0 Å². The SMILES string of the molecule is COC(=O)[C@H](N)Cc1ccc(OCCF)cc1. The molecule has 0 bridgehead atoms. The number of ether oxygens (including phenoxy) is 2. The molecular formula is C12H16FNO3. The number of hydrogen-bond donors (Lipinski definition) is 1. The number of esters is 1. The number of rotatable bonds is 6. The molecule has 0 spiro atoms. The van der Waals surface area contributed by atoms with Crippen molar-refractivity contribution >= 4 is 5.97 Å². The topological polar surface area (TPSA) is 61.5 Å². The lowest BCUT2D eigenvalue weighted by Crippen LogP contribution is -2.33. The molecule has 2 N–H and O–H groups in total. The molecule has 0 aliphatic heterocycles. The van der Waals surface area contributed by atoms with Crippen LogP contribution in [0.15, 0.2) is 24.3 Å². The highest BCUT2D eigenvalue weighted by molar-refractivity contribution is 5.75. The molecule has 0 saturated carbocycles. The average molecular weight is 241 g/mol. The number of carbonyl (C=O) groups is 1. The number of hydrogen-bond acceptors (Lipinski definition) is 4. The van der Waals surface area contributed by atoms with Crippen LogP contribution in [0.4, 0.5) is 4.39 Å². The quantitative estimate of drug-likeness (QED) is 0.757. The first-order valence-corrected chi connectivity index (χ1v) is 5.28. The zero-order valence-corrected chi connectivity index (χ0v) is 9.69. The van der Waals surface area contributed by atoms with Crippen molar-refractivity contribution < 1.29 is 18.7 Å². The van der Waals surface area contributed by atoms with Crippen LogP contribution in [-0.2, 0) is 16.0 Å². The first kappa shape index (κ1) is 13.4. The third kappa shape index (κ3) is 4.40. The van der Waals surface area contributed by atoms with E-state index in [1.807, 2.05) is 0 Å². The Balaban J connectivity index is 2.53. The third-order valence-corrected chi connectivity index (χ3v) is 2.23. The fraction of sp³-hybridized carbons (Fsp3) is 0.417. The van der Waals surface area contributed by atoms with E-state index in [4.69, 9.17) is 10.5 Å². The molecule has 1 atom stereocenters. The molecule has 5 heteroatoms. The van der Waals surface area contributed by atoms with Crippen molar-refractivity contribution in [1.29, 1.82) is 0 Å². The molecule has 0 amide bonds. The molecule has 0 radical (unpaired) electrons. The van der Waals surface area contributed by atoms with Crippen LogP contribution in [0, 0.1) is 0 Å². The van der Waals surface area contributed by atoms with Crippen LogP contribution in [-0.4, -0.2) is 32.4 Å². The molecule has 0 saturated heterocycles. The van der Waals surface area contributed by atoms with Crippen molar-refractivity contribution in [2.75, 3.05) is 20.4 Å². The van der Waals surface area contributed by atoms with E-state index >= 15 is 0 Å². The van der Waals surface area contributed by atoms with Crippen molar-refractivity contribution in [3.63, 3.8) is 0 Å². The van der Waals surface area contributed by atoms with E-state index in [1.54, 1.807) is 24.3 Å². The molecule has 1 aromatic rings. The maximum Gasteiger partial charge on any atom is 0.322 e. The van der Waals surface area contributed by atoms with Gasteiger partial charge in [0, 0.05) is 0 Å². The summed E-state index contributed by atoms with van der Waals surface area (Å²) in [6, 6.07) is 6.34. The summed E-state index contributed by atoms with van der Waals surface area (Å²) in [7, 11) is 1.30. The van der Waals surface area contributed by atoms with E-state index in [0.29, 0.717) is 12.2 Å². The van der Waals surface area contributed by atoms with Crippen molar-refractivity contribution in [1.82, 2.24) is 0 Å². The molecule has 0 unspecified atom stereocenters. The van der Waals surface area contributed by atoms with Gasteiger partial charge in [-0.25, -0.2) is 4.39 Å². The molecule has 4 nitrogen and oxygen atoms in total. The minimum atomic E-state index is -0.669. The minimum absolute atomic E-state index is 0.0427. The Hall–Kier alpha value is -1.62. The molecule has 0 fully saturated rings. The molecule has 94 valence electrons. The molecule has 0 aliphatic carbocycles. The summed E-state index contributed by atoms with van der Waals surface area (Å²) in [6.45, 7) is -0.476. The van der Waals surface area contributed by atoms with Crippen molar-refractivity contribution in [3.8, 4) is 5.75 Å². The van der Waals surface area contributed by atoms with E-state index in [1.165, 1.54) is 7.11 Å². The Morgan fingerprint density at radius 3 is 2.59 bits per heavy atom. The zero-order chi connectivity index (χ0) is 12.7. The highest BCUT2D eigenvalue weighted by Gasteiger charge is 2.13. The first-order chi connectivity index (χ1) is 8.17. The summed E-state index contributed by atoms with van der Waals surface area (Å²) in [4.78, 5) is 11.1. The van der Waals surface area contributed by atoms with Gasteiger partial charge in [0.05, 0.1) is 7.11 Å². The van der Waals surface area contributed by atoms with Crippen LogP contribution in [0.1, 0.15) is 5.56 Å². The molecule has 1 aromatic carbocycles. The predicted octanol–water partition coefficient (Wildman–Crippen LogP) is 1.08. The molecule has 0 heterocycles. The number of halogens is 1. The standard InChI is InChI=1S/C12H16FNO3/c1-16-12(15)11(14)8-9-2-4-10(5-3-9)17-7-6-13/h2-5,11H,6-8,14H2,1H3/t11-/m1/s1. The van der Waals surface area contributed by atoms with Gasteiger partial charge in [0.2, 0.25) is 0 Å². The fourth-order valence-corrected chi connectivity index (χ4v) is 1.37. The zero-order valence-electron chi connectivity index (χ0n) is 9.69. The van der Waals surface area contributed by atoms with Crippen LogP contribution in [0.3, 0.4) is 0 Å². The third-order valence-electron chi connectivity index (χ3n) is 2.23. The van der Waals surface area contributed by atoms with Crippen LogP contribution < -0.4 is 10.5 Å². The summed E-state index contributed by atoms with van der Waals surface area (Å²) in [5.74, 6) is 0.154. The van der Waals surface area contributed by atoms with E-state index < -0.39 is 18.7 Å². The number of nitrogens with two attached hydrogens (primary N) is 1. The highest BCUT2D eigenvalue weighted by atomic mass is 19.1. The summed E-state index contributed by atoms with van der Waals surface area (Å²) >= 11 is 0. The lowest BCUT2D eigenvalue weighted by molar-refractivity contribution is -0.142. The predicted molar refractivity (Wildman–Crippen MR) is 61.6 cm³/mol. The van der Waals surface area contributed by atoms with Gasteiger partial charge in [0.25, 0.3) is 0 Å². The highest BCUT2D eigenvalue weighted by Crippen LogP contribution is 2.13.